The second-order valence-corrected chi connectivity index (χ2v) is 8.37. The van der Waals surface area contributed by atoms with Crippen LogP contribution in [0.2, 0.25) is 0 Å². The normalized spacial score (nSPS) is 18.4. The van der Waals surface area contributed by atoms with E-state index in [0.29, 0.717) is 5.69 Å². The van der Waals surface area contributed by atoms with Crippen molar-refractivity contribution in [3.63, 3.8) is 0 Å². The van der Waals surface area contributed by atoms with Crippen molar-refractivity contribution in [1.29, 1.82) is 0 Å². The molecule has 0 radical (unpaired) electrons. The lowest BCUT2D eigenvalue weighted by Gasteiger charge is -2.32. The monoisotopic (exact) mass is 463 g/mol. The summed E-state index contributed by atoms with van der Waals surface area (Å²) >= 11 is 0. The van der Waals surface area contributed by atoms with Crippen molar-refractivity contribution in [3.05, 3.63) is 54.6 Å². The lowest BCUT2D eigenvalue weighted by molar-refractivity contribution is -0.135. The maximum atomic E-state index is 13.2. The molecule has 0 bridgehead atoms. The van der Waals surface area contributed by atoms with Crippen LogP contribution in [0.1, 0.15) is 26.2 Å². The van der Waals surface area contributed by atoms with E-state index in [4.69, 9.17) is 10.5 Å². The van der Waals surface area contributed by atoms with E-state index in [9.17, 15) is 14.4 Å². The van der Waals surface area contributed by atoms with Crippen molar-refractivity contribution < 1.29 is 19.1 Å². The van der Waals surface area contributed by atoms with Gasteiger partial charge in [-0.2, -0.15) is 5.10 Å². The predicted octanol–water partition coefficient (Wildman–Crippen LogP) is 2.52. The number of hydrogen-bond donors (Lipinski definition) is 2. The number of rotatable bonds is 7. The number of piperidine rings is 1. The zero-order chi connectivity index (χ0) is 24.1. The summed E-state index contributed by atoms with van der Waals surface area (Å²) in [5.74, 6) is -1.06. The van der Waals surface area contributed by atoms with E-state index >= 15 is 0 Å². The first-order chi connectivity index (χ1) is 16.5. The highest BCUT2D eigenvalue weighted by Crippen LogP contribution is 2.27. The summed E-state index contributed by atoms with van der Waals surface area (Å²) in [7, 11) is 0. The van der Waals surface area contributed by atoms with E-state index in [-0.39, 0.29) is 36.5 Å². The Bertz CT molecular complexity index is 1060. The predicted molar refractivity (Wildman–Crippen MR) is 131 cm³/mol. The minimum atomic E-state index is -0.672. The molecule has 178 valence electrons. The van der Waals surface area contributed by atoms with Crippen molar-refractivity contribution in [3.8, 4) is 0 Å². The number of esters is 1. The molecule has 2 heterocycles. The molecule has 0 aliphatic carbocycles. The van der Waals surface area contributed by atoms with Crippen molar-refractivity contribution in [2.75, 3.05) is 34.9 Å². The third kappa shape index (κ3) is 5.19. The molecule has 2 aromatic carbocycles. The van der Waals surface area contributed by atoms with E-state index in [1.807, 2.05) is 54.6 Å². The highest BCUT2D eigenvalue weighted by Gasteiger charge is 2.37. The molecule has 2 amide bonds. The number of nitrogens with two attached hydrogens (primary N) is 1. The summed E-state index contributed by atoms with van der Waals surface area (Å²) in [6.45, 7) is 3.51. The SMILES string of the molecule is CCOC(=O)C1=NN(c2ccccc2)C(C(=O)Nc2ccc(N3CCC(C(N)=O)CC3)cc2)C1. The molecule has 1 saturated heterocycles. The van der Waals surface area contributed by atoms with Gasteiger partial charge in [-0.15, -0.1) is 0 Å². The van der Waals surface area contributed by atoms with Gasteiger partial charge in [0.25, 0.3) is 0 Å². The number of hydrogen-bond acceptors (Lipinski definition) is 7. The van der Waals surface area contributed by atoms with Crippen LogP contribution in [0, 0.1) is 5.92 Å². The molecule has 4 rings (SSSR count). The highest BCUT2D eigenvalue weighted by atomic mass is 16.5. The molecule has 2 aliphatic heterocycles. The summed E-state index contributed by atoms with van der Waals surface area (Å²) in [4.78, 5) is 39.0. The largest absolute Gasteiger partial charge is 0.461 e. The molecule has 0 spiro atoms. The average molecular weight is 464 g/mol. The van der Waals surface area contributed by atoms with E-state index in [1.165, 1.54) is 0 Å². The fourth-order valence-corrected chi connectivity index (χ4v) is 4.27. The smallest absolute Gasteiger partial charge is 0.354 e. The van der Waals surface area contributed by atoms with E-state index in [2.05, 4.69) is 15.3 Å². The van der Waals surface area contributed by atoms with E-state index in [1.54, 1.807) is 11.9 Å². The first-order valence-corrected chi connectivity index (χ1v) is 11.5. The first-order valence-electron chi connectivity index (χ1n) is 11.5. The number of para-hydroxylation sites is 1. The Labute approximate surface area is 198 Å². The van der Waals surface area contributed by atoms with Crippen LogP contribution in [-0.4, -0.2) is 49.2 Å². The summed E-state index contributed by atoms with van der Waals surface area (Å²) in [6.07, 6.45) is 1.65. The number of nitrogens with one attached hydrogen (secondary N) is 1. The number of anilines is 3. The van der Waals surface area contributed by atoms with Gasteiger partial charge >= 0.3 is 5.97 Å². The first kappa shape index (κ1) is 23.3. The summed E-state index contributed by atoms with van der Waals surface area (Å²) < 4.78 is 5.09. The number of carbonyl (C=O) groups is 3. The van der Waals surface area contributed by atoms with Crippen molar-refractivity contribution in [1.82, 2.24) is 0 Å². The minimum absolute atomic E-state index is 0.0597. The Morgan fingerprint density at radius 3 is 2.32 bits per heavy atom. The average Bonchev–Trinajstić information content (AvgIpc) is 3.31. The Balaban J connectivity index is 1.43. The van der Waals surface area contributed by atoms with Gasteiger partial charge < -0.3 is 20.7 Å². The second kappa shape index (κ2) is 10.4. The zero-order valence-electron chi connectivity index (χ0n) is 19.1. The third-order valence-electron chi connectivity index (χ3n) is 6.14. The van der Waals surface area contributed by atoms with Crippen LogP contribution in [-0.2, 0) is 19.1 Å². The fourth-order valence-electron chi connectivity index (χ4n) is 4.27. The summed E-state index contributed by atoms with van der Waals surface area (Å²) in [5, 5.41) is 8.90. The number of amides is 2. The summed E-state index contributed by atoms with van der Waals surface area (Å²) in [5.41, 5.74) is 8.04. The standard InChI is InChI=1S/C25H29N5O4/c1-2-34-25(33)21-16-22(30(28-21)20-6-4-3-5-7-20)24(32)27-18-8-10-19(11-9-18)29-14-12-17(13-15-29)23(26)31/h3-11,17,22H,2,12-16H2,1H3,(H2,26,31)(H,27,32). The topological polar surface area (TPSA) is 117 Å². The number of benzene rings is 2. The molecule has 34 heavy (non-hydrogen) atoms. The van der Waals surface area contributed by atoms with Crippen LogP contribution in [0.25, 0.3) is 0 Å². The Morgan fingerprint density at radius 2 is 1.71 bits per heavy atom. The van der Waals surface area contributed by atoms with Crippen molar-refractivity contribution >= 4 is 40.6 Å². The van der Waals surface area contributed by atoms with Crippen LogP contribution in [0.15, 0.2) is 59.7 Å². The zero-order valence-corrected chi connectivity index (χ0v) is 19.1. The Morgan fingerprint density at radius 1 is 1.03 bits per heavy atom. The molecule has 9 heteroatoms. The lowest BCUT2D eigenvalue weighted by Crippen LogP contribution is -2.39. The molecule has 0 saturated carbocycles. The van der Waals surface area contributed by atoms with Gasteiger partial charge in [0.2, 0.25) is 11.8 Å². The van der Waals surface area contributed by atoms with E-state index < -0.39 is 12.0 Å². The molecular formula is C25H29N5O4. The van der Waals surface area contributed by atoms with Gasteiger partial charge in [-0.05, 0) is 56.2 Å². The maximum Gasteiger partial charge on any atom is 0.354 e. The molecule has 1 fully saturated rings. The number of ether oxygens (including phenoxy) is 1. The highest BCUT2D eigenvalue weighted by molar-refractivity contribution is 6.38. The molecular weight excluding hydrogens is 434 g/mol. The summed E-state index contributed by atoms with van der Waals surface area (Å²) in [6, 6.07) is 16.2. The molecule has 0 aromatic heterocycles. The molecule has 1 unspecified atom stereocenters. The van der Waals surface area contributed by atoms with Gasteiger partial charge in [0.05, 0.1) is 12.3 Å². The quantitative estimate of drug-likeness (QED) is 0.610. The molecule has 1 atom stereocenters. The number of primary amides is 1. The third-order valence-corrected chi connectivity index (χ3v) is 6.14. The molecule has 9 nitrogen and oxygen atoms in total. The molecule has 2 aromatic rings. The van der Waals surface area contributed by atoms with Crippen LogP contribution in [0.3, 0.4) is 0 Å². The van der Waals surface area contributed by atoms with Crippen molar-refractivity contribution in [2.24, 2.45) is 16.8 Å². The van der Waals surface area contributed by atoms with Crippen LogP contribution < -0.4 is 21.0 Å². The van der Waals surface area contributed by atoms with Gasteiger partial charge in [-0.3, -0.25) is 14.6 Å². The van der Waals surface area contributed by atoms with Gasteiger partial charge in [0.15, 0.2) is 0 Å². The number of hydrazone groups is 1. The van der Waals surface area contributed by atoms with Crippen molar-refractivity contribution in [2.45, 2.75) is 32.2 Å². The Hall–Kier alpha value is -3.88. The number of carbonyl (C=O) groups excluding carboxylic acids is 3. The van der Waals surface area contributed by atoms with Crippen LogP contribution >= 0.6 is 0 Å². The van der Waals surface area contributed by atoms with Gasteiger partial charge in [-0.1, -0.05) is 18.2 Å². The van der Waals surface area contributed by atoms with E-state index in [0.717, 1.165) is 37.3 Å². The fraction of sp³-hybridized carbons (Fsp3) is 0.360. The van der Waals surface area contributed by atoms with Gasteiger partial charge in [-0.25, -0.2) is 4.79 Å². The second-order valence-electron chi connectivity index (χ2n) is 8.37. The van der Waals surface area contributed by atoms with Crippen LogP contribution in [0.4, 0.5) is 17.1 Å². The molecule has 2 aliphatic rings. The van der Waals surface area contributed by atoms with Gasteiger partial charge in [0.1, 0.15) is 11.8 Å². The lowest BCUT2D eigenvalue weighted by atomic mass is 9.96. The maximum absolute atomic E-state index is 13.2. The number of nitrogens with zero attached hydrogens (tertiary/aromatic N) is 3. The Kier molecular flexibility index (Phi) is 7.10. The van der Waals surface area contributed by atoms with Crippen LogP contribution in [0.5, 0.6) is 0 Å². The van der Waals surface area contributed by atoms with Gasteiger partial charge in [0, 0.05) is 36.8 Å². The molecule has 3 N–H and O–H groups in total. The minimum Gasteiger partial charge on any atom is -0.461 e.